The predicted molar refractivity (Wildman–Crippen MR) is 77.5 cm³/mol. The Labute approximate surface area is 114 Å². The zero-order valence-electron chi connectivity index (χ0n) is 11.5. The van der Waals surface area contributed by atoms with E-state index in [0.717, 1.165) is 29.9 Å². The lowest BCUT2D eigenvalue weighted by molar-refractivity contribution is 0.478. The summed E-state index contributed by atoms with van der Waals surface area (Å²) in [7, 11) is 0. The van der Waals surface area contributed by atoms with E-state index in [1.165, 1.54) is 5.56 Å². The van der Waals surface area contributed by atoms with E-state index in [2.05, 4.69) is 11.9 Å². The Morgan fingerprint density at radius 2 is 2.05 bits per heavy atom. The number of benzene rings is 1. The minimum Gasteiger partial charge on any atom is -0.456 e. The summed E-state index contributed by atoms with van der Waals surface area (Å²) in [5.74, 6) is 1.59. The fraction of sp³-hybridized carbons (Fsp3) is 0.312. The Balaban J connectivity index is 2.10. The lowest BCUT2D eigenvalue weighted by Gasteiger charge is -2.10. The number of aromatic nitrogens is 1. The second-order valence-corrected chi connectivity index (χ2v) is 4.82. The summed E-state index contributed by atoms with van der Waals surface area (Å²) < 4.78 is 5.81. The molecule has 0 fully saturated rings. The van der Waals surface area contributed by atoms with Crippen molar-refractivity contribution in [1.82, 2.24) is 4.98 Å². The van der Waals surface area contributed by atoms with Crippen molar-refractivity contribution in [2.75, 3.05) is 0 Å². The molecule has 3 nitrogen and oxygen atoms in total. The summed E-state index contributed by atoms with van der Waals surface area (Å²) >= 11 is 0. The first-order chi connectivity index (χ1) is 9.17. The van der Waals surface area contributed by atoms with Gasteiger partial charge in [-0.2, -0.15) is 0 Å². The van der Waals surface area contributed by atoms with Crippen LogP contribution in [0.4, 0.5) is 0 Å². The lowest BCUT2D eigenvalue weighted by Crippen LogP contribution is -2.21. The van der Waals surface area contributed by atoms with Crippen molar-refractivity contribution in [2.24, 2.45) is 5.73 Å². The molecule has 0 saturated carbocycles. The van der Waals surface area contributed by atoms with Crippen molar-refractivity contribution in [2.45, 2.75) is 32.7 Å². The van der Waals surface area contributed by atoms with Crippen LogP contribution in [-0.2, 0) is 6.42 Å². The molecule has 19 heavy (non-hydrogen) atoms. The SMILES string of the molecule is CCC(N)Cc1cncc(Oc2cccc(C)c2)c1. The third kappa shape index (κ3) is 4.07. The van der Waals surface area contributed by atoms with Gasteiger partial charge < -0.3 is 10.5 Å². The van der Waals surface area contributed by atoms with Crippen LogP contribution < -0.4 is 10.5 Å². The molecule has 0 bridgehead atoms. The summed E-state index contributed by atoms with van der Waals surface area (Å²) in [6, 6.07) is 10.2. The molecule has 2 aromatic rings. The van der Waals surface area contributed by atoms with E-state index in [-0.39, 0.29) is 6.04 Å². The molecule has 1 unspecified atom stereocenters. The van der Waals surface area contributed by atoms with Crippen LogP contribution in [0.2, 0.25) is 0 Å². The Bertz CT molecular complexity index is 540. The molecule has 1 atom stereocenters. The molecule has 0 saturated heterocycles. The normalized spacial score (nSPS) is 12.2. The van der Waals surface area contributed by atoms with E-state index in [4.69, 9.17) is 10.5 Å². The smallest absolute Gasteiger partial charge is 0.145 e. The third-order valence-corrected chi connectivity index (χ3v) is 3.02. The summed E-state index contributed by atoms with van der Waals surface area (Å²) in [4.78, 5) is 4.21. The minimum atomic E-state index is 0.177. The van der Waals surface area contributed by atoms with Gasteiger partial charge in [0.1, 0.15) is 11.5 Å². The van der Waals surface area contributed by atoms with Gasteiger partial charge in [0.2, 0.25) is 0 Å². The van der Waals surface area contributed by atoms with Crippen LogP contribution in [0.15, 0.2) is 42.7 Å². The number of hydrogen-bond donors (Lipinski definition) is 1. The topological polar surface area (TPSA) is 48.1 Å². The number of aryl methyl sites for hydroxylation is 1. The molecule has 0 aliphatic carbocycles. The molecule has 0 radical (unpaired) electrons. The number of ether oxygens (including phenoxy) is 1. The molecule has 3 heteroatoms. The molecule has 1 aromatic heterocycles. The van der Waals surface area contributed by atoms with Gasteiger partial charge in [0, 0.05) is 12.2 Å². The van der Waals surface area contributed by atoms with Gasteiger partial charge in [-0.05, 0) is 49.1 Å². The third-order valence-electron chi connectivity index (χ3n) is 3.02. The summed E-state index contributed by atoms with van der Waals surface area (Å²) in [5.41, 5.74) is 8.25. The first-order valence-electron chi connectivity index (χ1n) is 6.61. The number of hydrogen-bond acceptors (Lipinski definition) is 3. The fourth-order valence-corrected chi connectivity index (χ4v) is 1.89. The van der Waals surface area contributed by atoms with Gasteiger partial charge in [-0.15, -0.1) is 0 Å². The highest BCUT2D eigenvalue weighted by molar-refractivity contribution is 5.33. The van der Waals surface area contributed by atoms with Gasteiger partial charge in [0.05, 0.1) is 6.20 Å². The zero-order valence-corrected chi connectivity index (χ0v) is 11.5. The molecule has 2 rings (SSSR count). The maximum atomic E-state index is 5.96. The Kier molecular flexibility index (Phi) is 4.53. The van der Waals surface area contributed by atoms with E-state index >= 15 is 0 Å². The van der Waals surface area contributed by atoms with Crippen LogP contribution in [0, 0.1) is 6.92 Å². The summed E-state index contributed by atoms with van der Waals surface area (Å²) in [5, 5.41) is 0. The average molecular weight is 256 g/mol. The molecule has 0 spiro atoms. The quantitative estimate of drug-likeness (QED) is 0.891. The monoisotopic (exact) mass is 256 g/mol. The van der Waals surface area contributed by atoms with Crippen LogP contribution in [-0.4, -0.2) is 11.0 Å². The van der Waals surface area contributed by atoms with Crippen molar-refractivity contribution in [3.8, 4) is 11.5 Å². The molecule has 0 aliphatic heterocycles. The first-order valence-corrected chi connectivity index (χ1v) is 6.61. The Morgan fingerprint density at radius 3 is 2.79 bits per heavy atom. The molecular formula is C16H20N2O. The van der Waals surface area contributed by atoms with Gasteiger partial charge in [0.15, 0.2) is 0 Å². The minimum absolute atomic E-state index is 0.177. The second kappa shape index (κ2) is 6.34. The molecule has 2 N–H and O–H groups in total. The Morgan fingerprint density at radius 1 is 1.21 bits per heavy atom. The Hall–Kier alpha value is -1.87. The van der Waals surface area contributed by atoms with Crippen molar-refractivity contribution >= 4 is 0 Å². The van der Waals surface area contributed by atoms with E-state index in [1.54, 1.807) is 6.20 Å². The van der Waals surface area contributed by atoms with Gasteiger partial charge in [-0.25, -0.2) is 0 Å². The largest absolute Gasteiger partial charge is 0.456 e. The zero-order chi connectivity index (χ0) is 13.7. The number of pyridine rings is 1. The average Bonchev–Trinajstić information content (AvgIpc) is 2.39. The van der Waals surface area contributed by atoms with Crippen LogP contribution >= 0.6 is 0 Å². The first kappa shape index (κ1) is 13.6. The van der Waals surface area contributed by atoms with Crippen molar-refractivity contribution in [3.05, 3.63) is 53.9 Å². The van der Waals surface area contributed by atoms with Gasteiger partial charge >= 0.3 is 0 Å². The van der Waals surface area contributed by atoms with Crippen molar-refractivity contribution < 1.29 is 4.74 Å². The second-order valence-electron chi connectivity index (χ2n) is 4.82. The van der Waals surface area contributed by atoms with Gasteiger partial charge in [0.25, 0.3) is 0 Å². The van der Waals surface area contributed by atoms with Crippen molar-refractivity contribution in [1.29, 1.82) is 0 Å². The van der Waals surface area contributed by atoms with Crippen LogP contribution in [0.25, 0.3) is 0 Å². The van der Waals surface area contributed by atoms with Crippen LogP contribution in [0.5, 0.6) is 11.5 Å². The van der Waals surface area contributed by atoms with E-state index in [0.29, 0.717) is 0 Å². The van der Waals surface area contributed by atoms with Crippen molar-refractivity contribution in [3.63, 3.8) is 0 Å². The van der Waals surface area contributed by atoms with E-state index < -0.39 is 0 Å². The lowest BCUT2D eigenvalue weighted by atomic mass is 10.1. The maximum absolute atomic E-state index is 5.96. The highest BCUT2D eigenvalue weighted by Crippen LogP contribution is 2.22. The fourth-order valence-electron chi connectivity index (χ4n) is 1.89. The molecule has 1 heterocycles. The van der Waals surface area contributed by atoms with Gasteiger partial charge in [-0.3, -0.25) is 4.98 Å². The van der Waals surface area contributed by atoms with Crippen LogP contribution in [0.1, 0.15) is 24.5 Å². The highest BCUT2D eigenvalue weighted by Gasteiger charge is 2.04. The van der Waals surface area contributed by atoms with Gasteiger partial charge in [-0.1, -0.05) is 19.1 Å². The predicted octanol–water partition coefficient (Wildman–Crippen LogP) is 3.46. The highest BCUT2D eigenvalue weighted by atomic mass is 16.5. The molecule has 100 valence electrons. The molecule has 0 aliphatic rings. The number of nitrogens with zero attached hydrogens (tertiary/aromatic N) is 1. The summed E-state index contributed by atoms with van der Waals surface area (Å²) in [6.07, 6.45) is 5.36. The maximum Gasteiger partial charge on any atom is 0.145 e. The summed E-state index contributed by atoms with van der Waals surface area (Å²) in [6.45, 7) is 4.13. The van der Waals surface area contributed by atoms with E-state index in [1.807, 2.05) is 43.5 Å². The molecule has 1 aromatic carbocycles. The van der Waals surface area contributed by atoms with Crippen LogP contribution in [0.3, 0.4) is 0 Å². The number of nitrogens with two attached hydrogens (primary N) is 1. The molecular weight excluding hydrogens is 236 g/mol. The molecule has 0 amide bonds. The van der Waals surface area contributed by atoms with E-state index in [9.17, 15) is 0 Å². The number of rotatable bonds is 5. The standard InChI is InChI=1S/C16H20N2O/c1-3-14(17)8-13-9-16(11-18-10-13)19-15-6-4-5-12(2)7-15/h4-7,9-11,14H,3,8,17H2,1-2H3.